The third kappa shape index (κ3) is 7.37. The molecule has 1 atom stereocenters. The number of halogens is 1. The fourth-order valence-corrected chi connectivity index (χ4v) is 6.10. The maximum absolute atomic E-state index is 13.9. The first kappa shape index (κ1) is 29.0. The van der Waals surface area contributed by atoms with Crippen LogP contribution in [-0.2, 0) is 26.1 Å². The van der Waals surface area contributed by atoms with Crippen LogP contribution in [0.1, 0.15) is 45.1 Å². The minimum atomic E-state index is -4.10. The Morgan fingerprint density at radius 3 is 2.26 bits per heavy atom. The van der Waals surface area contributed by atoms with Crippen LogP contribution in [0.4, 0.5) is 0 Å². The minimum Gasteiger partial charge on any atom is -0.494 e. The van der Waals surface area contributed by atoms with Gasteiger partial charge in [0.05, 0.1) is 17.6 Å². The maximum Gasteiger partial charge on any atom is 0.262 e. The van der Waals surface area contributed by atoms with Crippen LogP contribution in [0.25, 0.3) is 0 Å². The van der Waals surface area contributed by atoms with Crippen LogP contribution in [-0.4, -0.2) is 54.2 Å². The van der Waals surface area contributed by atoms with Crippen molar-refractivity contribution in [3.8, 4) is 5.75 Å². The van der Waals surface area contributed by atoms with Crippen LogP contribution in [0, 0.1) is 5.92 Å². The van der Waals surface area contributed by atoms with Gasteiger partial charge in [-0.1, -0.05) is 0 Å². The second-order valence-electron chi connectivity index (χ2n) is 8.22. The van der Waals surface area contributed by atoms with Gasteiger partial charge in [0.2, 0.25) is 10.0 Å². The van der Waals surface area contributed by atoms with Gasteiger partial charge < -0.3 is 9.47 Å². The van der Waals surface area contributed by atoms with Gasteiger partial charge in [-0.2, -0.15) is 4.31 Å². The summed E-state index contributed by atoms with van der Waals surface area (Å²) in [5, 5.41) is 9.55. The largest absolute Gasteiger partial charge is 0.494 e. The Morgan fingerprint density at radius 1 is 1.09 bits per heavy atom. The van der Waals surface area contributed by atoms with Crippen molar-refractivity contribution in [2.45, 2.75) is 63.1 Å². The molecule has 11 heteroatoms. The summed E-state index contributed by atoms with van der Waals surface area (Å²) in [5.74, 6) is -0.465. The number of amides is 1. The summed E-state index contributed by atoms with van der Waals surface area (Å²) in [6, 6.07) is 8.46. The van der Waals surface area contributed by atoms with Gasteiger partial charge in [0.25, 0.3) is 5.91 Å². The average Bonchev–Trinajstić information content (AvgIpc) is 2.86. The van der Waals surface area contributed by atoms with Gasteiger partial charge in [0.15, 0.2) is 0 Å². The Hall–Kier alpha value is -2.24. The molecule has 1 amide bonds. The number of sulfonamides is 1. The molecular weight excluding hydrogens is 494 g/mol. The van der Waals surface area contributed by atoms with E-state index >= 15 is 0 Å². The number of hydroxylamine groups is 1. The number of carbonyl (C=O) groups is 1. The van der Waals surface area contributed by atoms with Crippen molar-refractivity contribution < 1.29 is 27.9 Å². The van der Waals surface area contributed by atoms with E-state index in [2.05, 4.69) is 4.98 Å². The number of aromatic nitrogens is 1. The zero-order valence-electron chi connectivity index (χ0n) is 20.0. The fourth-order valence-electron chi connectivity index (χ4n) is 4.46. The van der Waals surface area contributed by atoms with Gasteiger partial charge in [0.1, 0.15) is 11.8 Å². The lowest BCUT2D eigenvalue weighted by Gasteiger charge is -2.38. The summed E-state index contributed by atoms with van der Waals surface area (Å²) >= 11 is 0. The number of hydrogen-bond donors (Lipinski definition) is 2. The van der Waals surface area contributed by atoms with E-state index < -0.39 is 22.0 Å². The third-order valence-electron chi connectivity index (χ3n) is 6.09. The predicted molar refractivity (Wildman–Crippen MR) is 133 cm³/mol. The first-order valence-electron chi connectivity index (χ1n) is 11.6. The zero-order chi connectivity index (χ0) is 24.6. The number of ether oxygens (including phenoxy) is 2. The molecule has 0 unspecified atom stereocenters. The summed E-state index contributed by atoms with van der Waals surface area (Å²) in [5.41, 5.74) is 2.39. The van der Waals surface area contributed by atoms with E-state index in [-0.39, 0.29) is 35.9 Å². The molecule has 0 saturated heterocycles. The molecular formula is C24H34ClN3O6S. The summed E-state index contributed by atoms with van der Waals surface area (Å²) < 4.78 is 40.1. The molecule has 0 bridgehead atoms. The molecule has 1 saturated carbocycles. The second-order valence-corrected chi connectivity index (χ2v) is 10.1. The Kier molecular flexibility index (Phi) is 11.4. The molecule has 1 aliphatic carbocycles. The summed E-state index contributed by atoms with van der Waals surface area (Å²) in [4.78, 5) is 17.0. The fraction of sp³-hybridized carbons (Fsp3) is 0.500. The Bertz CT molecular complexity index is 1020. The normalized spacial score (nSPS) is 19.0. The van der Waals surface area contributed by atoms with E-state index in [1.807, 2.05) is 13.8 Å². The number of nitrogens with zero attached hydrogens (tertiary/aromatic N) is 2. The van der Waals surface area contributed by atoms with Crippen molar-refractivity contribution in [1.29, 1.82) is 0 Å². The SMILES string of the molecule is CCOc1ccc(S(=O)(=O)N(Cc2ccncc2)[C@@H](C(=O)NO)[C@H]2CC[C@H](OCC)CC2)cc1.Cl. The van der Waals surface area contributed by atoms with Crippen LogP contribution in [0.15, 0.2) is 53.7 Å². The molecule has 0 radical (unpaired) electrons. The monoisotopic (exact) mass is 527 g/mol. The molecule has 1 aromatic carbocycles. The summed E-state index contributed by atoms with van der Waals surface area (Å²) in [6.07, 6.45) is 5.90. The molecule has 0 aliphatic heterocycles. The Morgan fingerprint density at radius 2 is 1.71 bits per heavy atom. The highest BCUT2D eigenvalue weighted by Gasteiger charge is 2.42. The molecule has 3 rings (SSSR count). The summed E-state index contributed by atoms with van der Waals surface area (Å²) in [6.45, 7) is 4.81. The van der Waals surface area contributed by atoms with E-state index in [0.717, 1.165) is 12.8 Å². The van der Waals surface area contributed by atoms with Crippen molar-refractivity contribution in [1.82, 2.24) is 14.8 Å². The van der Waals surface area contributed by atoms with E-state index in [9.17, 15) is 18.4 Å². The topological polar surface area (TPSA) is 118 Å². The predicted octanol–water partition coefficient (Wildman–Crippen LogP) is 3.56. The minimum absolute atomic E-state index is 0. The number of hydrogen-bond acceptors (Lipinski definition) is 7. The van der Waals surface area contributed by atoms with Crippen molar-refractivity contribution in [2.24, 2.45) is 5.92 Å². The van der Waals surface area contributed by atoms with Crippen molar-refractivity contribution >= 4 is 28.3 Å². The first-order chi connectivity index (χ1) is 16.4. The summed E-state index contributed by atoms with van der Waals surface area (Å²) in [7, 11) is -4.10. The van der Waals surface area contributed by atoms with Crippen molar-refractivity contribution in [3.63, 3.8) is 0 Å². The highest BCUT2D eigenvalue weighted by molar-refractivity contribution is 7.89. The lowest BCUT2D eigenvalue weighted by molar-refractivity contribution is -0.136. The van der Waals surface area contributed by atoms with E-state index in [4.69, 9.17) is 9.47 Å². The van der Waals surface area contributed by atoms with Gasteiger partial charge in [0, 0.05) is 25.5 Å². The quantitative estimate of drug-likeness (QED) is 0.339. The molecule has 194 valence electrons. The number of pyridine rings is 1. The zero-order valence-corrected chi connectivity index (χ0v) is 21.6. The van der Waals surface area contributed by atoms with Gasteiger partial charge in [-0.05, 0) is 87.4 Å². The molecule has 1 aliphatic rings. The number of benzene rings is 1. The van der Waals surface area contributed by atoms with Gasteiger partial charge >= 0.3 is 0 Å². The van der Waals surface area contributed by atoms with Gasteiger partial charge in [-0.25, -0.2) is 13.9 Å². The lowest BCUT2D eigenvalue weighted by Crippen LogP contribution is -2.53. The number of rotatable bonds is 11. The molecule has 1 aromatic heterocycles. The maximum atomic E-state index is 13.9. The van der Waals surface area contributed by atoms with E-state index in [1.54, 1.807) is 42.1 Å². The Balaban J connectivity index is 0.00000432. The van der Waals surface area contributed by atoms with E-state index in [1.165, 1.54) is 16.4 Å². The molecule has 2 N–H and O–H groups in total. The van der Waals surface area contributed by atoms with E-state index in [0.29, 0.717) is 37.4 Å². The van der Waals surface area contributed by atoms with Crippen molar-refractivity contribution in [2.75, 3.05) is 13.2 Å². The Labute approximate surface area is 213 Å². The highest BCUT2D eigenvalue weighted by Crippen LogP contribution is 2.34. The molecule has 35 heavy (non-hydrogen) atoms. The number of nitrogens with one attached hydrogen (secondary N) is 1. The van der Waals surface area contributed by atoms with Crippen LogP contribution in [0.3, 0.4) is 0 Å². The number of carbonyl (C=O) groups excluding carboxylic acids is 1. The standard InChI is InChI=1S/C24H33N3O6S.ClH/c1-3-32-20-7-5-19(6-8-20)23(24(28)26-29)27(17-18-13-15-25-16-14-18)34(30,31)22-11-9-21(10-12-22)33-4-2;/h9-16,19-20,23,29H,3-8,17H2,1-2H3,(H,26,28);1H/t19-,20-,23-;/m1./s1. The van der Waals surface area contributed by atoms with Gasteiger partial charge in [-0.15, -0.1) is 12.4 Å². The molecule has 2 aromatic rings. The van der Waals surface area contributed by atoms with Crippen LogP contribution < -0.4 is 10.2 Å². The van der Waals surface area contributed by atoms with Gasteiger partial charge in [-0.3, -0.25) is 15.0 Å². The van der Waals surface area contributed by atoms with Crippen molar-refractivity contribution in [3.05, 3.63) is 54.4 Å². The highest BCUT2D eigenvalue weighted by atomic mass is 35.5. The van der Waals surface area contributed by atoms with Crippen LogP contribution in [0.2, 0.25) is 0 Å². The van der Waals surface area contributed by atoms with Crippen LogP contribution >= 0.6 is 12.4 Å². The molecule has 9 nitrogen and oxygen atoms in total. The lowest BCUT2D eigenvalue weighted by atomic mass is 9.82. The molecule has 1 heterocycles. The average molecular weight is 528 g/mol. The molecule has 0 spiro atoms. The smallest absolute Gasteiger partial charge is 0.262 e. The first-order valence-corrected chi connectivity index (χ1v) is 13.0. The molecule has 1 fully saturated rings. The third-order valence-corrected chi connectivity index (χ3v) is 7.93. The second kappa shape index (κ2) is 13.7. The van der Waals surface area contributed by atoms with Crippen LogP contribution in [0.5, 0.6) is 5.75 Å².